The number of carbonyl (C=O) groups is 1. The van der Waals surface area contributed by atoms with Crippen molar-refractivity contribution in [3.8, 4) is 17.3 Å². The van der Waals surface area contributed by atoms with Crippen molar-refractivity contribution in [2.75, 3.05) is 0 Å². The van der Waals surface area contributed by atoms with Crippen LogP contribution in [-0.4, -0.2) is 15.6 Å². The van der Waals surface area contributed by atoms with Crippen LogP contribution in [0.3, 0.4) is 0 Å². The first kappa shape index (κ1) is 14.5. The largest absolute Gasteiger partial charge is 0.480 e. The van der Waals surface area contributed by atoms with Gasteiger partial charge in [-0.05, 0) is 31.5 Å². The van der Waals surface area contributed by atoms with Gasteiger partial charge in [-0.1, -0.05) is 23.8 Å². The summed E-state index contributed by atoms with van der Waals surface area (Å²) in [5.41, 5.74) is 2.65. The van der Waals surface area contributed by atoms with Gasteiger partial charge in [0.2, 0.25) is 0 Å². The zero-order chi connectivity index (χ0) is 15.6. The molecule has 0 bridgehead atoms. The maximum absolute atomic E-state index is 12.2. The van der Waals surface area contributed by atoms with E-state index in [9.17, 15) is 9.59 Å². The van der Waals surface area contributed by atoms with Gasteiger partial charge < -0.3 is 5.11 Å². The molecule has 0 amide bonds. The average Bonchev–Trinajstić information content (AvgIpc) is 2.41. The first-order valence-corrected chi connectivity index (χ1v) is 6.37. The Hall–Kier alpha value is -2.87. The molecule has 1 heterocycles. The highest BCUT2D eigenvalue weighted by molar-refractivity contribution is 5.70. The van der Waals surface area contributed by atoms with Gasteiger partial charge in [0.25, 0.3) is 5.56 Å². The Labute approximate surface area is 121 Å². The Morgan fingerprint density at radius 2 is 2.00 bits per heavy atom. The molecular weight excluding hydrogens is 268 g/mol. The molecule has 0 aliphatic carbocycles. The summed E-state index contributed by atoms with van der Waals surface area (Å²) in [5.74, 6) is -1.13. The number of nitrogens with zero attached hydrogens (tertiary/aromatic N) is 2. The van der Waals surface area contributed by atoms with E-state index in [2.05, 4.69) is 0 Å². The van der Waals surface area contributed by atoms with Gasteiger partial charge in [-0.3, -0.25) is 14.2 Å². The van der Waals surface area contributed by atoms with E-state index in [-0.39, 0.29) is 5.56 Å². The summed E-state index contributed by atoms with van der Waals surface area (Å²) in [6, 6.07) is 10.5. The van der Waals surface area contributed by atoms with Crippen LogP contribution in [0.4, 0.5) is 0 Å². The molecule has 0 fully saturated rings. The molecule has 0 aliphatic heterocycles. The number of aliphatic carboxylic acids is 1. The lowest BCUT2D eigenvalue weighted by Crippen LogP contribution is -2.27. The van der Waals surface area contributed by atoms with Crippen molar-refractivity contribution in [1.82, 2.24) is 4.57 Å². The van der Waals surface area contributed by atoms with Gasteiger partial charge in [0, 0.05) is 5.56 Å². The van der Waals surface area contributed by atoms with Crippen molar-refractivity contribution >= 4 is 5.97 Å². The van der Waals surface area contributed by atoms with E-state index in [1.165, 1.54) is 6.07 Å². The molecule has 2 rings (SSSR count). The predicted molar refractivity (Wildman–Crippen MR) is 78.0 cm³/mol. The lowest BCUT2D eigenvalue weighted by atomic mass is 10.0. The highest BCUT2D eigenvalue weighted by atomic mass is 16.4. The molecule has 5 heteroatoms. The summed E-state index contributed by atoms with van der Waals surface area (Å²) >= 11 is 0. The minimum absolute atomic E-state index is 0.0650. The van der Waals surface area contributed by atoms with Crippen molar-refractivity contribution in [2.45, 2.75) is 20.4 Å². The van der Waals surface area contributed by atoms with Crippen molar-refractivity contribution in [3.05, 3.63) is 57.4 Å². The molecule has 1 aromatic carbocycles. The Bertz CT molecular complexity index is 813. The number of aryl methyl sites for hydroxylation is 2. The van der Waals surface area contributed by atoms with Gasteiger partial charge in [-0.25, -0.2) is 0 Å². The fourth-order valence-electron chi connectivity index (χ4n) is 2.29. The maximum atomic E-state index is 12.2. The third-order valence-corrected chi connectivity index (χ3v) is 3.25. The fraction of sp³-hybridized carbons (Fsp3) is 0.188. The number of hydrogen-bond donors (Lipinski definition) is 1. The van der Waals surface area contributed by atoms with Crippen LogP contribution in [-0.2, 0) is 11.3 Å². The molecule has 0 saturated carbocycles. The van der Waals surface area contributed by atoms with Gasteiger partial charge in [-0.2, -0.15) is 5.26 Å². The van der Waals surface area contributed by atoms with Gasteiger partial charge in [0.05, 0.1) is 5.69 Å². The third-order valence-electron chi connectivity index (χ3n) is 3.25. The molecule has 0 atom stereocenters. The maximum Gasteiger partial charge on any atom is 0.323 e. The van der Waals surface area contributed by atoms with Crippen molar-refractivity contribution in [3.63, 3.8) is 0 Å². The minimum atomic E-state index is -1.13. The Balaban J connectivity index is 2.74. The van der Waals surface area contributed by atoms with E-state index in [0.29, 0.717) is 5.69 Å². The van der Waals surface area contributed by atoms with Crippen LogP contribution < -0.4 is 5.56 Å². The molecule has 0 unspecified atom stereocenters. The molecule has 0 radical (unpaired) electrons. The average molecular weight is 282 g/mol. The lowest BCUT2D eigenvalue weighted by molar-refractivity contribution is -0.137. The highest BCUT2D eigenvalue weighted by Crippen LogP contribution is 2.23. The molecule has 0 aliphatic rings. The van der Waals surface area contributed by atoms with Crippen molar-refractivity contribution in [1.29, 1.82) is 5.26 Å². The summed E-state index contributed by atoms with van der Waals surface area (Å²) in [4.78, 5) is 23.2. The van der Waals surface area contributed by atoms with Crippen LogP contribution in [0.15, 0.2) is 35.1 Å². The number of carboxylic acid groups (broad SMARTS) is 1. The molecule has 106 valence electrons. The van der Waals surface area contributed by atoms with Crippen LogP contribution in [0.25, 0.3) is 11.3 Å². The molecule has 1 N–H and O–H groups in total. The van der Waals surface area contributed by atoms with Crippen LogP contribution in [0.1, 0.15) is 16.7 Å². The molecule has 0 saturated heterocycles. The molecule has 5 nitrogen and oxygen atoms in total. The SMILES string of the molecule is Cc1ccc(-c2ccc(C#N)c(=O)n2CC(=O)O)c(C)c1. The smallest absolute Gasteiger partial charge is 0.323 e. The first-order chi connectivity index (χ1) is 9.93. The minimum Gasteiger partial charge on any atom is -0.480 e. The van der Waals surface area contributed by atoms with Crippen LogP contribution in [0, 0.1) is 25.2 Å². The van der Waals surface area contributed by atoms with Crippen LogP contribution in [0.2, 0.25) is 0 Å². The normalized spacial score (nSPS) is 10.1. The monoisotopic (exact) mass is 282 g/mol. The standard InChI is InChI=1S/C16H14N2O3/c1-10-3-5-13(11(2)7-10)14-6-4-12(8-17)16(21)18(14)9-15(19)20/h3-7H,9H2,1-2H3,(H,19,20). The van der Waals surface area contributed by atoms with Crippen LogP contribution >= 0.6 is 0 Å². The molecule has 1 aromatic heterocycles. The second-order valence-electron chi connectivity index (χ2n) is 4.85. The molecular formula is C16H14N2O3. The lowest BCUT2D eigenvalue weighted by Gasteiger charge is -2.14. The van der Waals surface area contributed by atoms with Crippen LogP contribution in [0.5, 0.6) is 0 Å². The van der Waals surface area contributed by atoms with E-state index in [0.717, 1.165) is 21.3 Å². The number of rotatable bonds is 3. The van der Waals surface area contributed by atoms with Crippen molar-refractivity contribution in [2.24, 2.45) is 0 Å². The predicted octanol–water partition coefficient (Wildman–Crippen LogP) is 2.09. The summed E-state index contributed by atoms with van der Waals surface area (Å²) in [6.45, 7) is 3.38. The van der Waals surface area contributed by atoms with E-state index in [4.69, 9.17) is 10.4 Å². The highest BCUT2D eigenvalue weighted by Gasteiger charge is 2.14. The topological polar surface area (TPSA) is 83.1 Å². The zero-order valence-corrected chi connectivity index (χ0v) is 11.8. The zero-order valence-electron chi connectivity index (χ0n) is 11.8. The fourth-order valence-corrected chi connectivity index (χ4v) is 2.29. The van der Waals surface area contributed by atoms with E-state index in [1.807, 2.05) is 32.0 Å². The number of pyridine rings is 1. The third kappa shape index (κ3) is 2.84. The number of benzene rings is 1. The molecule has 2 aromatic rings. The Kier molecular flexibility index (Phi) is 3.90. The summed E-state index contributed by atoms with van der Waals surface area (Å²) < 4.78 is 1.12. The number of hydrogen-bond acceptors (Lipinski definition) is 3. The second kappa shape index (κ2) is 5.63. The number of aromatic nitrogens is 1. The summed E-state index contributed by atoms with van der Waals surface area (Å²) in [5, 5.41) is 17.9. The number of carboxylic acids is 1. The van der Waals surface area contributed by atoms with Gasteiger partial charge in [0.1, 0.15) is 18.2 Å². The van der Waals surface area contributed by atoms with Gasteiger partial charge in [0.15, 0.2) is 0 Å². The second-order valence-corrected chi connectivity index (χ2v) is 4.85. The van der Waals surface area contributed by atoms with Crippen molar-refractivity contribution < 1.29 is 9.90 Å². The molecule has 0 spiro atoms. The molecule has 21 heavy (non-hydrogen) atoms. The van der Waals surface area contributed by atoms with E-state index < -0.39 is 18.1 Å². The van der Waals surface area contributed by atoms with Gasteiger partial charge >= 0.3 is 5.97 Å². The first-order valence-electron chi connectivity index (χ1n) is 6.37. The summed E-state index contributed by atoms with van der Waals surface area (Å²) in [7, 11) is 0. The van der Waals surface area contributed by atoms with Gasteiger partial charge in [-0.15, -0.1) is 0 Å². The number of nitriles is 1. The van der Waals surface area contributed by atoms with E-state index in [1.54, 1.807) is 12.1 Å². The van der Waals surface area contributed by atoms with E-state index >= 15 is 0 Å². The Morgan fingerprint density at radius 1 is 1.29 bits per heavy atom. The quantitative estimate of drug-likeness (QED) is 0.934. The Morgan fingerprint density at radius 3 is 2.57 bits per heavy atom. The summed E-state index contributed by atoms with van der Waals surface area (Å²) in [6.07, 6.45) is 0.